The molecule has 0 bridgehead atoms. The molecule has 0 fully saturated rings. The van der Waals surface area contributed by atoms with E-state index in [1.165, 1.54) is 28.6 Å². The highest BCUT2D eigenvalue weighted by atomic mass is 32.2. The third kappa shape index (κ3) is 4.97. The largest absolute Gasteiger partial charge is 0.452 e. The molecule has 1 amide bonds. The minimum atomic E-state index is -3.88. The van der Waals surface area contributed by atoms with Crippen molar-refractivity contribution in [3.8, 4) is 0 Å². The lowest BCUT2D eigenvalue weighted by Crippen LogP contribution is -2.35. The second-order valence-electron chi connectivity index (χ2n) is 8.35. The first-order valence-electron chi connectivity index (χ1n) is 11.0. The smallest absolute Gasteiger partial charge is 0.338 e. The molecule has 176 valence electrons. The number of fused-ring (bicyclic) bond motifs is 1. The quantitative estimate of drug-likeness (QED) is 0.524. The van der Waals surface area contributed by atoms with E-state index >= 15 is 0 Å². The van der Waals surface area contributed by atoms with Crippen LogP contribution in [0.15, 0.2) is 77.7 Å². The Kier molecular flexibility index (Phi) is 6.70. The number of hydrogen-bond acceptors (Lipinski definition) is 5. The molecule has 0 aromatic heterocycles. The summed E-state index contributed by atoms with van der Waals surface area (Å²) in [6.07, 6.45) is 0.620. The van der Waals surface area contributed by atoms with Crippen LogP contribution in [0.25, 0.3) is 0 Å². The number of hydrogen-bond donors (Lipinski definition) is 1. The van der Waals surface area contributed by atoms with E-state index in [9.17, 15) is 18.0 Å². The third-order valence-electron chi connectivity index (χ3n) is 5.72. The van der Waals surface area contributed by atoms with Crippen LogP contribution in [0.4, 0.5) is 5.69 Å². The Balaban J connectivity index is 1.41. The van der Waals surface area contributed by atoms with Crippen LogP contribution in [-0.2, 0) is 32.5 Å². The molecule has 1 heterocycles. The molecule has 0 aliphatic carbocycles. The maximum atomic E-state index is 13.4. The van der Waals surface area contributed by atoms with Crippen molar-refractivity contribution in [1.82, 2.24) is 5.32 Å². The van der Waals surface area contributed by atoms with Crippen molar-refractivity contribution >= 4 is 27.6 Å². The van der Waals surface area contributed by atoms with Gasteiger partial charge in [-0.05, 0) is 55.7 Å². The summed E-state index contributed by atoms with van der Waals surface area (Å²) in [4.78, 5) is 24.6. The molecule has 7 nitrogen and oxygen atoms in total. The molecule has 0 radical (unpaired) electrons. The highest BCUT2D eigenvalue weighted by Gasteiger charge is 2.36. The number of anilines is 1. The van der Waals surface area contributed by atoms with Gasteiger partial charge in [0, 0.05) is 12.6 Å². The summed E-state index contributed by atoms with van der Waals surface area (Å²) in [6.45, 7) is 3.69. The van der Waals surface area contributed by atoms with Gasteiger partial charge in [-0.25, -0.2) is 13.2 Å². The molecule has 0 unspecified atom stereocenters. The molecule has 0 saturated heterocycles. The maximum Gasteiger partial charge on any atom is 0.338 e. The van der Waals surface area contributed by atoms with E-state index in [0.717, 1.165) is 16.7 Å². The van der Waals surface area contributed by atoms with Gasteiger partial charge in [-0.15, -0.1) is 0 Å². The van der Waals surface area contributed by atoms with Crippen molar-refractivity contribution in [2.45, 2.75) is 37.8 Å². The summed E-state index contributed by atoms with van der Waals surface area (Å²) in [6, 6.07) is 20.6. The van der Waals surface area contributed by atoms with Crippen LogP contribution in [0, 0.1) is 6.92 Å². The molecular weight excluding hydrogens is 452 g/mol. The van der Waals surface area contributed by atoms with Gasteiger partial charge in [0.2, 0.25) is 0 Å². The second kappa shape index (κ2) is 9.69. The number of nitrogens with zero attached hydrogens (tertiary/aromatic N) is 1. The average molecular weight is 479 g/mol. The average Bonchev–Trinajstić information content (AvgIpc) is 3.18. The van der Waals surface area contributed by atoms with Gasteiger partial charge in [0.1, 0.15) is 0 Å². The van der Waals surface area contributed by atoms with E-state index in [-0.39, 0.29) is 16.5 Å². The first-order valence-corrected chi connectivity index (χ1v) is 12.4. The lowest BCUT2D eigenvalue weighted by molar-refractivity contribution is -0.124. The lowest BCUT2D eigenvalue weighted by atomic mass is 10.1. The number of esters is 1. The molecule has 1 N–H and O–H groups in total. The van der Waals surface area contributed by atoms with Crippen LogP contribution in [0.5, 0.6) is 0 Å². The Morgan fingerprint density at radius 2 is 1.76 bits per heavy atom. The molecule has 1 aliphatic heterocycles. The Bertz CT molecular complexity index is 1320. The predicted molar refractivity (Wildman–Crippen MR) is 129 cm³/mol. The summed E-state index contributed by atoms with van der Waals surface area (Å²) in [7, 11) is -3.88. The number of sulfonamides is 1. The van der Waals surface area contributed by atoms with E-state index in [1.807, 2.05) is 50.2 Å². The van der Waals surface area contributed by atoms with Gasteiger partial charge in [0.15, 0.2) is 6.61 Å². The third-order valence-corrected chi connectivity index (χ3v) is 7.64. The van der Waals surface area contributed by atoms with Gasteiger partial charge in [-0.1, -0.05) is 54.1 Å². The zero-order valence-corrected chi connectivity index (χ0v) is 19.8. The SMILES string of the molecule is Cc1ccc(CNC(=O)COC(=O)c2cccc(S(=O)(=O)N3c4ccccc4C[C@H]3C)c2)cc1. The number of carbonyl (C=O) groups is 2. The minimum absolute atomic E-state index is 0.00525. The number of carbonyl (C=O) groups excluding carboxylic acids is 2. The predicted octanol–water partition coefficient (Wildman–Crippen LogP) is 3.61. The van der Waals surface area contributed by atoms with Crippen LogP contribution < -0.4 is 9.62 Å². The molecule has 4 rings (SSSR count). The number of ether oxygens (including phenoxy) is 1. The van der Waals surface area contributed by atoms with E-state index < -0.39 is 28.5 Å². The van der Waals surface area contributed by atoms with Crippen LogP contribution in [-0.4, -0.2) is 32.9 Å². The summed E-state index contributed by atoms with van der Waals surface area (Å²) in [5, 5.41) is 2.69. The number of benzene rings is 3. The summed E-state index contributed by atoms with van der Waals surface area (Å²) < 4.78 is 33.3. The zero-order valence-electron chi connectivity index (χ0n) is 19.0. The van der Waals surface area contributed by atoms with Gasteiger partial charge >= 0.3 is 5.97 Å². The molecule has 0 spiro atoms. The van der Waals surface area contributed by atoms with E-state index in [4.69, 9.17) is 4.74 Å². The van der Waals surface area contributed by atoms with Crippen molar-refractivity contribution in [3.63, 3.8) is 0 Å². The minimum Gasteiger partial charge on any atom is -0.452 e. The topological polar surface area (TPSA) is 92.8 Å². The van der Waals surface area contributed by atoms with Crippen molar-refractivity contribution in [3.05, 3.63) is 95.1 Å². The van der Waals surface area contributed by atoms with Gasteiger partial charge < -0.3 is 10.1 Å². The zero-order chi connectivity index (χ0) is 24.3. The first kappa shape index (κ1) is 23.5. The fourth-order valence-corrected chi connectivity index (χ4v) is 5.71. The van der Waals surface area contributed by atoms with Gasteiger partial charge in [-0.3, -0.25) is 9.10 Å². The Hall–Kier alpha value is -3.65. The van der Waals surface area contributed by atoms with Gasteiger partial charge in [0.05, 0.1) is 16.1 Å². The maximum absolute atomic E-state index is 13.4. The van der Waals surface area contributed by atoms with Crippen LogP contribution in [0.1, 0.15) is 34.0 Å². The standard InChI is InChI=1S/C26H26N2O5S/c1-18-10-12-20(13-11-18)16-27-25(29)17-33-26(30)22-7-5-8-23(15-22)34(31,32)28-19(2)14-21-6-3-4-9-24(21)28/h3-13,15,19H,14,16-17H2,1-2H3,(H,27,29)/t19-/m1/s1. The fraction of sp³-hybridized carbons (Fsp3) is 0.231. The summed E-state index contributed by atoms with van der Waals surface area (Å²) in [5.41, 5.74) is 3.73. The number of para-hydroxylation sites is 1. The fourth-order valence-electron chi connectivity index (χ4n) is 3.97. The molecule has 1 atom stereocenters. The number of nitrogens with one attached hydrogen (secondary N) is 1. The van der Waals surface area contributed by atoms with E-state index in [0.29, 0.717) is 18.7 Å². The molecule has 34 heavy (non-hydrogen) atoms. The lowest BCUT2D eigenvalue weighted by Gasteiger charge is -2.24. The van der Waals surface area contributed by atoms with Crippen LogP contribution in [0.3, 0.4) is 0 Å². The molecular formula is C26H26N2O5S. The number of aryl methyl sites for hydroxylation is 1. The summed E-state index contributed by atoms with van der Waals surface area (Å²) in [5.74, 6) is -1.21. The monoisotopic (exact) mass is 478 g/mol. The van der Waals surface area contributed by atoms with E-state index in [1.54, 1.807) is 12.1 Å². The van der Waals surface area contributed by atoms with Gasteiger partial charge in [-0.2, -0.15) is 0 Å². The van der Waals surface area contributed by atoms with Crippen molar-refractivity contribution in [2.75, 3.05) is 10.9 Å². The highest BCUT2D eigenvalue weighted by Crippen LogP contribution is 2.36. The number of amides is 1. The molecule has 3 aromatic carbocycles. The van der Waals surface area contributed by atoms with Crippen LogP contribution >= 0.6 is 0 Å². The molecule has 1 aliphatic rings. The van der Waals surface area contributed by atoms with Crippen molar-refractivity contribution < 1.29 is 22.7 Å². The molecule has 0 saturated carbocycles. The Labute approximate surface area is 199 Å². The molecule has 3 aromatic rings. The van der Waals surface area contributed by atoms with E-state index in [2.05, 4.69) is 5.32 Å². The number of rotatable bonds is 7. The van der Waals surface area contributed by atoms with Crippen molar-refractivity contribution in [2.24, 2.45) is 0 Å². The van der Waals surface area contributed by atoms with Gasteiger partial charge in [0.25, 0.3) is 15.9 Å². The molecule has 8 heteroatoms. The Morgan fingerprint density at radius 1 is 1.03 bits per heavy atom. The first-order chi connectivity index (χ1) is 16.3. The normalized spacial score (nSPS) is 15.0. The highest BCUT2D eigenvalue weighted by molar-refractivity contribution is 7.92. The second-order valence-corrected chi connectivity index (χ2v) is 10.2. The van der Waals surface area contributed by atoms with Crippen molar-refractivity contribution in [1.29, 1.82) is 0 Å². The Morgan fingerprint density at radius 3 is 2.53 bits per heavy atom. The summed E-state index contributed by atoms with van der Waals surface area (Å²) >= 11 is 0. The van der Waals surface area contributed by atoms with Crippen LogP contribution in [0.2, 0.25) is 0 Å².